The number of hydrogen-bond donors (Lipinski definition) is 3. The molecule has 3 rings (SSSR count). The number of anilines is 2. The zero-order valence-corrected chi connectivity index (χ0v) is 14.1. The summed E-state index contributed by atoms with van der Waals surface area (Å²) in [6.45, 7) is 2.45. The van der Waals surface area contributed by atoms with Gasteiger partial charge in [-0.2, -0.15) is 4.98 Å². The molecule has 25 heavy (non-hydrogen) atoms. The molecule has 0 fully saturated rings. The van der Waals surface area contributed by atoms with Crippen LogP contribution in [-0.2, 0) is 6.54 Å². The molecule has 0 aliphatic heterocycles. The molecule has 1 aromatic carbocycles. The summed E-state index contributed by atoms with van der Waals surface area (Å²) in [5, 5.41) is 15.7. The number of aliphatic hydroxyl groups excluding tert-OH is 1. The van der Waals surface area contributed by atoms with Crippen molar-refractivity contribution in [1.82, 2.24) is 15.0 Å². The number of pyridine rings is 1. The van der Waals surface area contributed by atoms with Crippen LogP contribution in [-0.4, -0.2) is 32.7 Å². The monoisotopic (exact) mass is 335 g/mol. The van der Waals surface area contributed by atoms with Gasteiger partial charge in [0.15, 0.2) is 0 Å². The van der Waals surface area contributed by atoms with E-state index in [0.29, 0.717) is 18.3 Å². The van der Waals surface area contributed by atoms with Gasteiger partial charge < -0.3 is 15.7 Å². The van der Waals surface area contributed by atoms with Crippen LogP contribution in [0.2, 0.25) is 0 Å². The lowest BCUT2D eigenvalue weighted by Crippen LogP contribution is -2.21. The van der Waals surface area contributed by atoms with Crippen molar-refractivity contribution < 1.29 is 5.11 Å². The van der Waals surface area contributed by atoms with Crippen LogP contribution in [0.25, 0.3) is 11.3 Å². The highest BCUT2D eigenvalue weighted by Crippen LogP contribution is 2.21. The molecule has 1 atom stereocenters. The maximum atomic E-state index is 9.26. The highest BCUT2D eigenvalue weighted by Gasteiger charge is 2.09. The number of hydrogen-bond acceptors (Lipinski definition) is 6. The minimum Gasteiger partial charge on any atom is -0.394 e. The minimum atomic E-state index is -0.130. The van der Waals surface area contributed by atoms with Gasteiger partial charge in [-0.1, -0.05) is 36.4 Å². The number of nitrogens with zero attached hydrogens (tertiary/aromatic N) is 3. The van der Waals surface area contributed by atoms with Crippen LogP contribution in [0.4, 0.5) is 11.8 Å². The summed E-state index contributed by atoms with van der Waals surface area (Å²) in [6, 6.07) is 17.5. The van der Waals surface area contributed by atoms with Crippen molar-refractivity contribution in [3.05, 3.63) is 66.5 Å². The molecule has 0 aliphatic rings. The van der Waals surface area contributed by atoms with Crippen molar-refractivity contribution in [3.63, 3.8) is 0 Å². The summed E-state index contributed by atoms with van der Waals surface area (Å²) in [6.07, 6.45) is 1.77. The molecule has 0 saturated carbocycles. The Labute approximate surface area is 147 Å². The van der Waals surface area contributed by atoms with Gasteiger partial charge in [0, 0.05) is 23.9 Å². The molecule has 3 N–H and O–H groups in total. The van der Waals surface area contributed by atoms with Crippen LogP contribution in [0.15, 0.2) is 60.8 Å². The molecule has 0 amide bonds. The summed E-state index contributed by atoms with van der Waals surface area (Å²) in [7, 11) is 0. The molecular formula is C19H21N5O. The summed E-state index contributed by atoms with van der Waals surface area (Å²) >= 11 is 0. The predicted molar refractivity (Wildman–Crippen MR) is 99.2 cm³/mol. The third-order valence-corrected chi connectivity index (χ3v) is 3.62. The van der Waals surface area contributed by atoms with Crippen LogP contribution in [0.5, 0.6) is 0 Å². The molecule has 2 heterocycles. The second-order valence-electron chi connectivity index (χ2n) is 5.73. The number of nitrogens with one attached hydrogen (secondary N) is 2. The first kappa shape index (κ1) is 16.9. The van der Waals surface area contributed by atoms with Gasteiger partial charge in [0.05, 0.1) is 24.5 Å². The van der Waals surface area contributed by atoms with Crippen LogP contribution in [0, 0.1) is 0 Å². The van der Waals surface area contributed by atoms with E-state index in [1.807, 2.05) is 61.5 Å². The molecule has 0 bridgehead atoms. The molecule has 0 spiro atoms. The average molecular weight is 335 g/mol. The lowest BCUT2D eigenvalue weighted by atomic mass is 10.1. The number of rotatable bonds is 7. The Bertz CT molecular complexity index is 795. The van der Waals surface area contributed by atoms with Gasteiger partial charge >= 0.3 is 0 Å². The molecule has 3 aromatic rings. The molecule has 0 radical (unpaired) electrons. The fourth-order valence-electron chi connectivity index (χ4n) is 2.31. The second kappa shape index (κ2) is 8.21. The van der Waals surface area contributed by atoms with Crippen LogP contribution in [0.1, 0.15) is 12.6 Å². The zero-order valence-electron chi connectivity index (χ0n) is 14.1. The van der Waals surface area contributed by atoms with E-state index in [0.717, 1.165) is 17.0 Å². The summed E-state index contributed by atoms with van der Waals surface area (Å²) in [4.78, 5) is 13.4. The Balaban J connectivity index is 1.86. The molecule has 6 nitrogen and oxygen atoms in total. The van der Waals surface area contributed by atoms with E-state index < -0.39 is 0 Å². The fourth-order valence-corrected chi connectivity index (χ4v) is 2.31. The third-order valence-electron chi connectivity index (χ3n) is 3.62. The lowest BCUT2D eigenvalue weighted by Gasteiger charge is -2.14. The van der Waals surface area contributed by atoms with Gasteiger partial charge in [-0.25, -0.2) is 4.98 Å². The van der Waals surface area contributed by atoms with Gasteiger partial charge in [0.2, 0.25) is 5.95 Å². The van der Waals surface area contributed by atoms with Gasteiger partial charge in [0.25, 0.3) is 0 Å². The van der Waals surface area contributed by atoms with Gasteiger partial charge in [-0.05, 0) is 19.1 Å². The lowest BCUT2D eigenvalue weighted by molar-refractivity contribution is 0.281. The standard InChI is InChI=1S/C19H21N5O/c1-14(13-25)22-19-23-17(15-7-3-2-4-8-15)11-18(24-19)21-12-16-9-5-6-10-20-16/h2-11,14,25H,12-13H2,1H3,(H2,21,22,23,24)/t14-/m0/s1. The first-order valence-corrected chi connectivity index (χ1v) is 8.20. The minimum absolute atomic E-state index is 0.00955. The molecule has 0 saturated heterocycles. The average Bonchev–Trinajstić information content (AvgIpc) is 2.67. The van der Waals surface area contributed by atoms with Gasteiger partial charge in [0.1, 0.15) is 5.82 Å². The van der Waals surface area contributed by atoms with Crippen molar-refractivity contribution in [1.29, 1.82) is 0 Å². The molecule has 0 aliphatic carbocycles. The Morgan fingerprint density at radius 1 is 1.04 bits per heavy atom. The summed E-state index contributed by atoms with van der Waals surface area (Å²) in [5.41, 5.74) is 2.75. The largest absolute Gasteiger partial charge is 0.394 e. The fraction of sp³-hybridized carbons (Fsp3) is 0.211. The molecule has 2 aromatic heterocycles. The molecular weight excluding hydrogens is 314 g/mol. The second-order valence-corrected chi connectivity index (χ2v) is 5.73. The molecule has 128 valence electrons. The van der Waals surface area contributed by atoms with E-state index in [1.165, 1.54) is 0 Å². The van der Waals surface area contributed by atoms with Crippen molar-refractivity contribution in [2.75, 3.05) is 17.2 Å². The van der Waals surface area contributed by atoms with Crippen molar-refractivity contribution in [3.8, 4) is 11.3 Å². The Morgan fingerprint density at radius 3 is 2.56 bits per heavy atom. The van der Waals surface area contributed by atoms with E-state index in [2.05, 4.69) is 25.6 Å². The van der Waals surface area contributed by atoms with Crippen LogP contribution in [0.3, 0.4) is 0 Å². The molecule has 6 heteroatoms. The number of aliphatic hydroxyl groups is 1. The summed E-state index contributed by atoms with van der Waals surface area (Å²) in [5.74, 6) is 1.18. The van der Waals surface area contributed by atoms with E-state index in [9.17, 15) is 5.11 Å². The van der Waals surface area contributed by atoms with Crippen molar-refractivity contribution in [2.45, 2.75) is 19.5 Å². The number of benzene rings is 1. The Kier molecular flexibility index (Phi) is 5.53. The van der Waals surface area contributed by atoms with Crippen LogP contribution < -0.4 is 10.6 Å². The highest BCUT2D eigenvalue weighted by atomic mass is 16.3. The predicted octanol–water partition coefficient (Wildman–Crippen LogP) is 2.94. The SMILES string of the molecule is C[C@@H](CO)Nc1nc(NCc2ccccn2)cc(-c2ccccc2)n1. The zero-order chi connectivity index (χ0) is 17.5. The van der Waals surface area contributed by atoms with Gasteiger partial charge in [-0.3, -0.25) is 4.98 Å². The van der Waals surface area contributed by atoms with E-state index >= 15 is 0 Å². The number of aromatic nitrogens is 3. The maximum Gasteiger partial charge on any atom is 0.225 e. The van der Waals surface area contributed by atoms with Crippen molar-refractivity contribution in [2.24, 2.45) is 0 Å². The van der Waals surface area contributed by atoms with E-state index in [-0.39, 0.29) is 12.6 Å². The maximum absolute atomic E-state index is 9.26. The van der Waals surface area contributed by atoms with Crippen molar-refractivity contribution >= 4 is 11.8 Å². The highest BCUT2D eigenvalue weighted by molar-refractivity contribution is 5.64. The van der Waals surface area contributed by atoms with Crippen LogP contribution >= 0.6 is 0 Å². The Hall–Kier alpha value is -2.99. The first-order chi connectivity index (χ1) is 12.2. The van der Waals surface area contributed by atoms with E-state index in [1.54, 1.807) is 6.20 Å². The first-order valence-electron chi connectivity index (χ1n) is 8.20. The van der Waals surface area contributed by atoms with E-state index in [4.69, 9.17) is 0 Å². The molecule has 0 unspecified atom stereocenters. The summed E-state index contributed by atoms with van der Waals surface area (Å²) < 4.78 is 0. The normalized spacial score (nSPS) is 11.8. The third kappa shape index (κ3) is 4.74. The smallest absolute Gasteiger partial charge is 0.225 e. The van der Waals surface area contributed by atoms with Gasteiger partial charge in [-0.15, -0.1) is 0 Å². The topological polar surface area (TPSA) is 83.0 Å². The quantitative estimate of drug-likeness (QED) is 0.616. The Morgan fingerprint density at radius 2 is 1.84 bits per heavy atom.